The monoisotopic (exact) mass is 598 g/mol. The summed E-state index contributed by atoms with van der Waals surface area (Å²) in [6.45, 7) is 3.95. The standard InChI is InChI=1S/C21H29NO2.C17H21NO2/c22-14-8-12-19-11-7-13-21(17-19)24-16-6-2-5-15-23-18-20-9-3-1-4-10-20;18-11-5-7-14-6-4-10-16(12-14)20-13-17(19)15-8-2-1-3-9-15/h1,3-4,7,9-11,13,17H,2,5-6,8,12,14-16,18,22H2;1-4,6,8-10,12,17,19H,5,7,11,13,18H2. The number of ether oxygens (including phenoxy) is 3. The Labute approximate surface area is 264 Å². The van der Waals surface area contributed by atoms with Crippen molar-refractivity contribution in [1.82, 2.24) is 0 Å². The summed E-state index contributed by atoms with van der Waals surface area (Å²) in [5.74, 6) is 1.75. The Morgan fingerprint density at radius 2 is 1.09 bits per heavy atom. The van der Waals surface area contributed by atoms with Gasteiger partial charge in [0.15, 0.2) is 0 Å². The summed E-state index contributed by atoms with van der Waals surface area (Å²) in [7, 11) is 0. The molecule has 4 rings (SSSR count). The molecule has 0 radical (unpaired) electrons. The first-order chi connectivity index (χ1) is 21.7. The van der Waals surface area contributed by atoms with Crippen LogP contribution in [0.1, 0.15) is 60.5 Å². The molecule has 0 heterocycles. The molecule has 0 aliphatic heterocycles. The third kappa shape index (κ3) is 14.7. The van der Waals surface area contributed by atoms with Crippen molar-refractivity contribution in [3.63, 3.8) is 0 Å². The molecule has 236 valence electrons. The molecular formula is C38H50N2O4. The predicted octanol–water partition coefficient (Wildman–Crippen LogP) is 7.03. The lowest BCUT2D eigenvalue weighted by Crippen LogP contribution is -2.09. The van der Waals surface area contributed by atoms with Crippen LogP contribution in [-0.2, 0) is 24.2 Å². The third-order valence-electron chi connectivity index (χ3n) is 7.04. The van der Waals surface area contributed by atoms with Crippen LogP contribution < -0.4 is 20.9 Å². The van der Waals surface area contributed by atoms with Crippen LogP contribution in [0.4, 0.5) is 0 Å². The molecule has 0 amide bonds. The maximum atomic E-state index is 10.1. The molecule has 0 fully saturated rings. The summed E-state index contributed by atoms with van der Waals surface area (Å²) in [4.78, 5) is 0. The van der Waals surface area contributed by atoms with Crippen LogP contribution in [-0.4, -0.2) is 38.0 Å². The van der Waals surface area contributed by atoms with E-state index in [0.29, 0.717) is 13.2 Å². The zero-order valence-electron chi connectivity index (χ0n) is 26.0. The molecule has 0 spiro atoms. The molecule has 6 nitrogen and oxygen atoms in total. The number of unbranched alkanes of at least 4 members (excludes halogenated alkanes) is 2. The first-order valence-electron chi connectivity index (χ1n) is 15.9. The van der Waals surface area contributed by atoms with Crippen LogP contribution in [0.25, 0.3) is 0 Å². The number of aryl methyl sites for hydroxylation is 2. The van der Waals surface area contributed by atoms with Crippen molar-refractivity contribution in [3.8, 4) is 11.5 Å². The van der Waals surface area contributed by atoms with E-state index in [0.717, 1.165) is 81.8 Å². The number of aliphatic hydroxyl groups is 1. The topological polar surface area (TPSA) is 100.0 Å². The number of nitrogens with two attached hydrogens (primary N) is 2. The van der Waals surface area contributed by atoms with Gasteiger partial charge in [-0.3, -0.25) is 0 Å². The van der Waals surface area contributed by atoms with E-state index in [1.807, 2.05) is 72.8 Å². The summed E-state index contributed by atoms with van der Waals surface area (Å²) in [6.07, 6.45) is 6.61. The van der Waals surface area contributed by atoms with Gasteiger partial charge in [0.05, 0.1) is 13.2 Å². The minimum absolute atomic E-state index is 0.254. The van der Waals surface area contributed by atoms with E-state index in [-0.39, 0.29) is 6.61 Å². The highest BCUT2D eigenvalue weighted by Crippen LogP contribution is 2.18. The van der Waals surface area contributed by atoms with E-state index >= 15 is 0 Å². The molecule has 5 N–H and O–H groups in total. The summed E-state index contributed by atoms with van der Waals surface area (Å²) < 4.78 is 17.2. The van der Waals surface area contributed by atoms with Crippen molar-refractivity contribution >= 4 is 0 Å². The average Bonchev–Trinajstić information content (AvgIpc) is 3.08. The van der Waals surface area contributed by atoms with Crippen LogP contribution in [0.15, 0.2) is 109 Å². The molecule has 0 aromatic heterocycles. The Morgan fingerprint density at radius 1 is 0.545 bits per heavy atom. The first-order valence-corrected chi connectivity index (χ1v) is 15.9. The van der Waals surface area contributed by atoms with Crippen LogP contribution in [0.3, 0.4) is 0 Å². The summed E-state index contributed by atoms with van der Waals surface area (Å²) in [6, 6.07) is 36.1. The predicted molar refractivity (Wildman–Crippen MR) is 180 cm³/mol. The minimum atomic E-state index is -0.608. The highest BCUT2D eigenvalue weighted by Gasteiger charge is 2.08. The number of hydrogen-bond acceptors (Lipinski definition) is 6. The lowest BCUT2D eigenvalue weighted by Gasteiger charge is -2.13. The van der Waals surface area contributed by atoms with Crippen molar-refractivity contribution < 1.29 is 19.3 Å². The van der Waals surface area contributed by atoms with Gasteiger partial charge in [-0.05, 0) is 105 Å². The molecule has 0 saturated carbocycles. The van der Waals surface area contributed by atoms with E-state index < -0.39 is 6.10 Å². The highest BCUT2D eigenvalue weighted by atomic mass is 16.5. The van der Waals surface area contributed by atoms with Crippen LogP contribution in [0.2, 0.25) is 0 Å². The van der Waals surface area contributed by atoms with Gasteiger partial charge >= 0.3 is 0 Å². The Kier molecular flexibility index (Phi) is 17.3. The number of hydrogen-bond donors (Lipinski definition) is 3. The second kappa shape index (κ2) is 21.9. The molecule has 4 aromatic carbocycles. The molecule has 4 aromatic rings. The zero-order chi connectivity index (χ0) is 31.1. The van der Waals surface area contributed by atoms with Crippen molar-refractivity contribution in [2.45, 2.75) is 57.7 Å². The Hall–Kier alpha value is -3.68. The zero-order valence-corrected chi connectivity index (χ0v) is 26.0. The Balaban J connectivity index is 0.000000244. The molecular weight excluding hydrogens is 548 g/mol. The van der Waals surface area contributed by atoms with E-state index in [1.54, 1.807) is 0 Å². The van der Waals surface area contributed by atoms with E-state index in [4.69, 9.17) is 25.7 Å². The van der Waals surface area contributed by atoms with Gasteiger partial charge in [-0.2, -0.15) is 0 Å². The lowest BCUT2D eigenvalue weighted by molar-refractivity contribution is 0.108. The fourth-order valence-electron chi connectivity index (χ4n) is 4.58. The van der Waals surface area contributed by atoms with Gasteiger partial charge in [0.25, 0.3) is 0 Å². The van der Waals surface area contributed by atoms with Crippen molar-refractivity contribution in [3.05, 3.63) is 131 Å². The second-order valence-electron chi connectivity index (χ2n) is 10.8. The van der Waals surface area contributed by atoms with Crippen LogP contribution in [0, 0.1) is 0 Å². The lowest BCUT2D eigenvalue weighted by atomic mass is 10.1. The van der Waals surface area contributed by atoms with Gasteiger partial charge in [0.1, 0.15) is 24.2 Å². The maximum Gasteiger partial charge on any atom is 0.119 e. The first kappa shape index (κ1) is 34.8. The van der Waals surface area contributed by atoms with Crippen molar-refractivity contribution in [1.29, 1.82) is 0 Å². The van der Waals surface area contributed by atoms with E-state index in [1.165, 1.54) is 16.7 Å². The number of rotatable bonds is 19. The van der Waals surface area contributed by atoms with Crippen LogP contribution >= 0.6 is 0 Å². The summed E-state index contributed by atoms with van der Waals surface area (Å²) in [5.41, 5.74) is 15.7. The Bertz CT molecular complexity index is 1270. The van der Waals surface area contributed by atoms with Crippen molar-refractivity contribution in [2.75, 3.05) is 32.9 Å². The van der Waals surface area contributed by atoms with Gasteiger partial charge in [0, 0.05) is 6.61 Å². The molecule has 0 bridgehead atoms. The molecule has 0 aliphatic carbocycles. The largest absolute Gasteiger partial charge is 0.494 e. The van der Waals surface area contributed by atoms with E-state index in [9.17, 15) is 5.11 Å². The maximum absolute atomic E-state index is 10.1. The van der Waals surface area contributed by atoms with Crippen LogP contribution in [0.5, 0.6) is 11.5 Å². The molecule has 0 aliphatic rings. The van der Waals surface area contributed by atoms with E-state index in [2.05, 4.69) is 36.4 Å². The normalized spacial score (nSPS) is 11.3. The number of benzene rings is 4. The summed E-state index contributed by atoms with van der Waals surface area (Å²) >= 11 is 0. The minimum Gasteiger partial charge on any atom is -0.494 e. The summed E-state index contributed by atoms with van der Waals surface area (Å²) in [5, 5.41) is 10.1. The van der Waals surface area contributed by atoms with Gasteiger partial charge in [-0.25, -0.2) is 0 Å². The highest BCUT2D eigenvalue weighted by molar-refractivity contribution is 5.29. The Morgan fingerprint density at radius 3 is 1.70 bits per heavy atom. The second-order valence-corrected chi connectivity index (χ2v) is 10.8. The molecule has 1 atom stereocenters. The molecule has 0 saturated heterocycles. The SMILES string of the molecule is NCCCc1cccc(OCC(O)c2ccccc2)c1.NCCCc1cccc(OCCCCCOCc2ccccc2)c1. The number of aliphatic hydroxyl groups excluding tert-OH is 1. The molecule has 1 unspecified atom stereocenters. The molecule has 6 heteroatoms. The van der Waals surface area contributed by atoms with Gasteiger partial charge in [-0.1, -0.05) is 84.9 Å². The average molecular weight is 599 g/mol. The van der Waals surface area contributed by atoms with Crippen molar-refractivity contribution in [2.24, 2.45) is 11.5 Å². The van der Waals surface area contributed by atoms with Gasteiger partial charge in [0.2, 0.25) is 0 Å². The fourth-order valence-corrected chi connectivity index (χ4v) is 4.58. The molecule has 44 heavy (non-hydrogen) atoms. The fraction of sp³-hybridized carbons (Fsp3) is 0.368. The quantitative estimate of drug-likeness (QED) is 0.100. The van der Waals surface area contributed by atoms with Gasteiger partial charge in [-0.15, -0.1) is 0 Å². The smallest absolute Gasteiger partial charge is 0.119 e. The van der Waals surface area contributed by atoms with Gasteiger partial charge < -0.3 is 30.8 Å². The third-order valence-corrected chi connectivity index (χ3v) is 7.04.